The number of aliphatic carboxylic acids is 2. The van der Waals surface area contributed by atoms with Crippen LogP contribution in [0.5, 0.6) is 0 Å². The molecule has 0 spiro atoms. The summed E-state index contributed by atoms with van der Waals surface area (Å²) >= 11 is 2.50. The highest BCUT2D eigenvalue weighted by atomic mass is 32.2. The molecule has 2 N–H and O–H groups in total. The summed E-state index contributed by atoms with van der Waals surface area (Å²) in [5, 5.41) is 17.4. The number of fused-ring (bicyclic) bond motifs is 1. The molecule has 1 aromatic heterocycles. The minimum Gasteiger partial charge on any atom is -0.481 e. The van der Waals surface area contributed by atoms with E-state index in [0.717, 1.165) is 11.0 Å². The number of aromatic nitrogens is 2. The van der Waals surface area contributed by atoms with Gasteiger partial charge in [0.1, 0.15) is 0 Å². The van der Waals surface area contributed by atoms with Gasteiger partial charge >= 0.3 is 11.9 Å². The fraction of sp³-hybridized carbons (Fsp3) is 0.286. The monoisotopic (exact) mass is 338 g/mol. The topological polar surface area (TPSA) is 100 Å². The predicted molar refractivity (Wildman–Crippen MR) is 87.1 cm³/mol. The standard InChI is InChI=1S/C14H14N2O4S2/c17-13(18)7-21-5-11-12(6-22-8-14(19)20)16-10-4-2-1-3-9(10)15-11/h1-4H,5-8H2,(H,17,18)(H,19,20). The molecule has 0 bridgehead atoms. The molecule has 0 radical (unpaired) electrons. The van der Waals surface area contributed by atoms with Crippen molar-refractivity contribution in [3.63, 3.8) is 0 Å². The van der Waals surface area contributed by atoms with E-state index >= 15 is 0 Å². The van der Waals surface area contributed by atoms with Gasteiger partial charge in [-0.15, -0.1) is 23.5 Å². The van der Waals surface area contributed by atoms with E-state index in [1.807, 2.05) is 24.3 Å². The summed E-state index contributed by atoms with van der Waals surface area (Å²) in [5.74, 6) is -0.881. The Balaban J connectivity index is 2.20. The van der Waals surface area contributed by atoms with Crippen LogP contribution in [0.2, 0.25) is 0 Å². The van der Waals surface area contributed by atoms with Gasteiger partial charge in [-0.1, -0.05) is 12.1 Å². The maximum absolute atomic E-state index is 10.6. The van der Waals surface area contributed by atoms with E-state index < -0.39 is 11.9 Å². The molecule has 22 heavy (non-hydrogen) atoms. The molecule has 2 rings (SSSR count). The van der Waals surface area contributed by atoms with Crippen molar-refractivity contribution >= 4 is 46.5 Å². The first-order valence-electron chi connectivity index (χ1n) is 6.40. The summed E-state index contributed by atoms with van der Waals surface area (Å²) in [6, 6.07) is 7.43. The number of nitrogens with zero attached hydrogens (tertiary/aromatic N) is 2. The lowest BCUT2D eigenvalue weighted by Crippen LogP contribution is -2.05. The van der Waals surface area contributed by atoms with Crippen LogP contribution in [0.15, 0.2) is 24.3 Å². The lowest BCUT2D eigenvalue weighted by atomic mass is 10.2. The lowest BCUT2D eigenvalue weighted by molar-refractivity contribution is -0.134. The normalized spacial score (nSPS) is 10.7. The van der Waals surface area contributed by atoms with Gasteiger partial charge in [0.15, 0.2) is 0 Å². The zero-order chi connectivity index (χ0) is 15.9. The van der Waals surface area contributed by atoms with Crippen molar-refractivity contribution in [1.82, 2.24) is 9.97 Å². The van der Waals surface area contributed by atoms with Gasteiger partial charge in [-0.25, -0.2) is 9.97 Å². The van der Waals surface area contributed by atoms with Gasteiger partial charge in [-0.05, 0) is 12.1 Å². The number of thioether (sulfide) groups is 2. The highest BCUT2D eigenvalue weighted by Gasteiger charge is 2.11. The van der Waals surface area contributed by atoms with E-state index in [1.54, 1.807) is 0 Å². The Morgan fingerprint density at radius 1 is 0.864 bits per heavy atom. The van der Waals surface area contributed by atoms with E-state index in [1.165, 1.54) is 23.5 Å². The third-order valence-corrected chi connectivity index (χ3v) is 4.51. The molecule has 1 heterocycles. The highest BCUT2D eigenvalue weighted by molar-refractivity contribution is 7.99. The fourth-order valence-corrected chi connectivity index (χ4v) is 3.18. The number of rotatable bonds is 8. The molecule has 116 valence electrons. The van der Waals surface area contributed by atoms with E-state index in [2.05, 4.69) is 9.97 Å². The average Bonchev–Trinajstić information content (AvgIpc) is 2.46. The SMILES string of the molecule is O=C(O)CSCc1nc2ccccc2nc1CSCC(=O)O. The molecular formula is C14H14N2O4S2. The summed E-state index contributed by atoms with van der Waals surface area (Å²) in [6.45, 7) is 0. The summed E-state index contributed by atoms with van der Waals surface area (Å²) in [4.78, 5) is 30.3. The molecule has 0 atom stereocenters. The summed E-state index contributed by atoms with van der Waals surface area (Å²) in [5.41, 5.74) is 2.92. The molecular weight excluding hydrogens is 324 g/mol. The van der Waals surface area contributed by atoms with E-state index in [4.69, 9.17) is 10.2 Å². The van der Waals surface area contributed by atoms with Crippen molar-refractivity contribution in [3.8, 4) is 0 Å². The molecule has 0 amide bonds. The van der Waals surface area contributed by atoms with E-state index in [-0.39, 0.29) is 11.5 Å². The second-order valence-corrected chi connectivity index (χ2v) is 6.35. The Morgan fingerprint density at radius 3 is 1.64 bits per heavy atom. The maximum Gasteiger partial charge on any atom is 0.313 e. The van der Waals surface area contributed by atoms with Gasteiger partial charge in [-0.3, -0.25) is 9.59 Å². The van der Waals surface area contributed by atoms with E-state index in [0.29, 0.717) is 22.9 Å². The Morgan fingerprint density at radius 2 is 1.27 bits per heavy atom. The number of para-hydroxylation sites is 2. The number of carboxylic acids is 2. The minimum atomic E-state index is -0.874. The number of hydrogen-bond acceptors (Lipinski definition) is 6. The molecule has 2 aromatic rings. The van der Waals surface area contributed by atoms with Crippen molar-refractivity contribution in [1.29, 1.82) is 0 Å². The first-order chi connectivity index (χ1) is 10.6. The predicted octanol–water partition coefficient (Wildman–Crippen LogP) is 2.27. The number of carboxylic acid groups (broad SMARTS) is 2. The molecule has 0 fully saturated rings. The fourth-order valence-electron chi connectivity index (χ4n) is 1.77. The number of carbonyl (C=O) groups is 2. The van der Waals surface area contributed by atoms with Crippen LogP contribution in [0, 0.1) is 0 Å². The molecule has 6 nitrogen and oxygen atoms in total. The molecule has 0 aliphatic carbocycles. The third kappa shape index (κ3) is 4.88. The van der Waals surface area contributed by atoms with Crippen molar-refractivity contribution in [2.75, 3.05) is 11.5 Å². The van der Waals surface area contributed by atoms with Crippen LogP contribution in [0.25, 0.3) is 11.0 Å². The van der Waals surface area contributed by atoms with Crippen LogP contribution in [-0.4, -0.2) is 43.6 Å². The van der Waals surface area contributed by atoms with Gasteiger partial charge in [-0.2, -0.15) is 0 Å². The maximum atomic E-state index is 10.6. The lowest BCUT2D eigenvalue weighted by Gasteiger charge is -2.09. The molecule has 0 aliphatic rings. The van der Waals surface area contributed by atoms with Gasteiger partial charge in [0.05, 0.1) is 33.9 Å². The molecule has 8 heteroatoms. The van der Waals surface area contributed by atoms with Crippen molar-refractivity contribution < 1.29 is 19.8 Å². The van der Waals surface area contributed by atoms with E-state index in [9.17, 15) is 9.59 Å². The Bertz CT molecular complexity index is 635. The van der Waals surface area contributed by atoms with Crippen LogP contribution in [-0.2, 0) is 21.1 Å². The molecule has 0 unspecified atom stereocenters. The number of benzene rings is 1. The van der Waals surface area contributed by atoms with Crippen LogP contribution in [0.3, 0.4) is 0 Å². The third-order valence-electron chi connectivity index (χ3n) is 2.65. The van der Waals surface area contributed by atoms with Crippen LogP contribution in [0.1, 0.15) is 11.4 Å². The summed E-state index contributed by atoms with van der Waals surface area (Å²) in [7, 11) is 0. The first-order valence-corrected chi connectivity index (χ1v) is 8.71. The van der Waals surface area contributed by atoms with Gasteiger partial charge in [0.2, 0.25) is 0 Å². The zero-order valence-corrected chi connectivity index (χ0v) is 13.2. The second-order valence-electron chi connectivity index (χ2n) is 4.38. The van der Waals surface area contributed by atoms with Crippen molar-refractivity contribution in [3.05, 3.63) is 35.7 Å². The minimum absolute atomic E-state index is 0.00375. The molecule has 1 aromatic carbocycles. The molecule has 0 saturated heterocycles. The summed E-state index contributed by atoms with van der Waals surface area (Å²) < 4.78 is 0. The largest absolute Gasteiger partial charge is 0.481 e. The van der Waals surface area contributed by atoms with Crippen LogP contribution >= 0.6 is 23.5 Å². The second kappa shape index (κ2) is 8.00. The van der Waals surface area contributed by atoms with Crippen LogP contribution in [0.4, 0.5) is 0 Å². The Labute approximate surface area is 135 Å². The van der Waals surface area contributed by atoms with Crippen molar-refractivity contribution in [2.45, 2.75) is 11.5 Å². The quantitative estimate of drug-likeness (QED) is 0.756. The van der Waals surface area contributed by atoms with Gasteiger partial charge in [0.25, 0.3) is 0 Å². The first kappa shape index (κ1) is 16.6. The van der Waals surface area contributed by atoms with Crippen molar-refractivity contribution in [2.24, 2.45) is 0 Å². The Hall–Kier alpha value is -1.80. The average molecular weight is 338 g/mol. The molecule has 0 saturated carbocycles. The highest BCUT2D eigenvalue weighted by Crippen LogP contribution is 2.21. The number of hydrogen-bond donors (Lipinski definition) is 2. The smallest absolute Gasteiger partial charge is 0.313 e. The molecule has 0 aliphatic heterocycles. The zero-order valence-electron chi connectivity index (χ0n) is 11.6. The Kier molecular flexibility index (Phi) is 6.02. The van der Waals surface area contributed by atoms with Gasteiger partial charge < -0.3 is 10.2 Å². The van der Waals surface area contributed by atoms with Crippen LogP contribution < -0.4 is 0 Å². The summed E-state index contributed by atoms with van der Waals surface area (Å²) in [6.07, 6.45) is 0. The van der Waals surface area contributed by atoms with Gasteiger partial charge in [0, 0.05) is 11.5 Å².